The number of ether oxygens (including phenoxy) is 1. The Kier molecular flexibility index (Phi) is 6.38. The van der Waals surface area contributed by atoms with Crippen LogP contribution in [-0.4, -0.2) is 35.2 Å². The van der Waals surface area contributed by atoms with Crippen LogP contribution in [0.15, 0.2) is 36.5 Å². The predicted molar refractivity (Wildman–Crippen MR) is 108 cm³/mol. The predicted octanol–water partition coefficient (Wildman–Crippen LogP) is 4.75. The van der Waals surface area contributed by atoms with Gasteiger partial charge in [-0.3, -0.25) is 0 Å². The lowest BCUT2D eigenvalue weighted by Crippen LogP contribution is -2.04. The van der Waals surface area contributed by atoms with Crippen molar-refractivity contribution in [2.24, 2.45) is 0 Å². The number of anilines is 3. The van der Waals surface area contributed by atoms with Crippen LogP contribution in [0, 0.1) is 6.92 Å². The maximum atomic E-state index is 6.02. The zero-order valence-corrected chi connectivity index (χ0v) is 16.2. The van der Waals surface area contributed by atoms with Crippen LogP contribution in [0.2, 0.25) is 5.02 Å². The molecule has 8 heteroatoms. The van der Waals surface area contributed by atoms with Gasteiger partial charge in [-0.15, -0.1) is 0 Å². The summed E-state index contributed by atoms with van der Waals surface area (Å²) in [5.74, 6) is 0.521. The molecule has 0 saturated heterocycles. The third-order valence-corrected chi connectivity index (χ3v) is 4.94. The fourth-order valence-corrected chi connectivity index (χ4v) is 3.51. The summed E-state index contributed by atoms with van der Waals surface area (Å²) in [5, 5.41) is 8.05. The van der Waals surface area contributed by atoms with Crippen LogP contribution in [0.4, 0.5) is 16.8 Å². The molecule has 0 bridgehead atoms. The first-order valence-electron chi connectivity index (χ1n) is 8.22. The molecule has 26 heavy (non-hydrogen) atoms. The maximum Gasteiger partial charge on any atom is 0.227 e. The van der Waals surface area contributed by atoms with E-state index in [9.17, 15) is 0 Å². The van der Waals surface area contributed by atoms with Gasteiger partial charge in [0, 0.05) is 37.2 Å². The van der Waals surface area contributed by atoms with Gasteiger partial charge >= 0.3 is 0 Å². The van der Waals surface area contributed by atoms with Crippen LogP contribution in [0.1, 0.15) is 12.1 Å². The molecule has 0 radical (unpaired) electrons. The fourth-order valence-electron chi connectivity index (χ4n) is 2.36. The average Bonchev–Trinajstić information content (AvgIpc) is 3.00. The number of thiazole rings is 1. The number of rotatable bonds is 8. The summed E-state index contributed by atoms with van der Waals surface area (Å²) in [6.45, 7) is 3.54. The number of hydrogen-bond donors (Lipinski definition) is 2. The fraction of sp³-hybridized carbons (Fsp3) is 0.278. The van der Waals surface area contributed by atoms with Crippen molar-refractivity contribution in [2.75, 3.05) is 30.9 Å². The van der Waals surface area contributed by atoms with Crippen molar-refractivity contribution in [2.45, 2.75) is 13.3 Å². The van der Waals surface area contributed by atoms with E-state index in [2.05, 4.69) is 25.6 Å². The van der Waals surface area contributed by atoms with Crippen molar-refractivity contribution in [3.63, 3.8) is 0 Å². The maximum absolute atomic E-state index is 6.02. The Morgan fingerprint density at radius 1 is 1.23 bits per heavy atom. The van der Waals surface area contributed by atoms with Gasteiger partial charge in [0.15, 0.2) is 5.13 Å². The minimum atomic E-state index is 0.521. The van der Waals surface area contributed by atoms with Gasteiger partial charge in [0.05, 0.1) is 16.3 Å². The first kappa shape index (κ1) is 18.6. The van der Waals surface area contributed by atoms with Crippen LogP contribution < -0.4 is 10.6 Å². The molecule has 1 aromatic carbocycles. The van der Waals surface area contributed by atoms with Crippen molar-refractivity contribution >= 4 is 39.7 Å². The van der Waals surface area contributed by atoms with Crippen LogP contribution in [0.25, 0.3) is 10.6 Å². The molecule has 0 amide bonds. The number of aromatic nitrogens is 3. The van der Waals surface area contributed by atoms with Crippen molar-refractivity contribution < 1.29 is 4.74 Å². The van der Waals surface area contributed by atoms with E-state index < -0.39 is 0 Å². The summed E-state index contributed by atoms with van der Waals surface area (Å²) >= 11 is 7.61. The third kappa shape index (κ3) is 4.91. The summed E-state index contributed by atoms with van der Waals surface area (Å²) in [6, 6.07) is 9.34. The second-order valence-electron chi connectivity index (χ2n) is 5.61. The zero-order chi connectivity index (χ0) is 18.4. The van der Waals surface area contributed by atoms with E-state index in [1.54, 1.807) is 24.6 Å². The lowest BCUT2D eigenvalue weighted by atomic mass is 10.3. The topological polar surface area (TPSA) is 72.0 Å². The number of benzene rings is 1. The molecular formula is C18H20ClN5OS. The number of halogens is 1. The Hall–Kier alpha value is -2.22. The molecule has 0 aliphatic heterocycles. The van der Waals surface area contributed by atoms with E-state index >= 15 is 0 Å². The van der Waals surface area contributed by atoms with Gasteiger partial charge in [-0.05, 0) is 37.6 Å². The highest BCUT2D eigenvalue weighted by Crippen LogP contribution is 2.32. The molecule has 0 spiro atoms. The van der Waals surface area contributed by atoms with E-state index in [-0.39, 0.29) is 0 Å². The molecule has 136 valence electrons. The lowest BCUT2D eigenvalue weighted by Gasteiger charge is -2.06. The van der Waals surface area contributed by atoms with Crippen molar-refractivity contribution in [3.8, 4) is 10.6 Å². The van der Waals surface area contributed by atoms with Gasteiger partial charge in [0.25, 0.3) is 0 Å². The zero-order valence-electron chi connectivity index (χ0n) is 14.6. The third-order valence-electron chi connectivity index (χ3n) is 3.57. The largest absolute Gasteiger partial charge is 0.385 e. The molecule has 0 aliphatic carbocycles. The molecule has 3 rings (SSSR count). The smallest absolute Gasteiger partial charge is 0.227 e. The summed E-state index contributed by atoms with van der Waals surface area (Å²) in [6.07, 6.45) is 2.67. The molecule has 6 nitrogen and oxygen atoms in total. The molecule has 0 saturated carbocycles. The van der Waals surface area contributed by atoms with Crippen LogP contribution in [-0.2, 0) is 4.74 Å². The normalized spacial score (nSPS) is 10.7. The van der Waals surface area contributed by atoms with Gasteiger partial charge in [-0.25, -0.2) is 15.0 Å². The van der Waals surface area contributed by atoms with Crippen LogP contribution >= 0.6 is 22.9 Å². The van der Waals surface area contributed by atoms with Gasteiger partial charge in [-0.2, -0.15) is 0 Å². The van der Waals surface area contributed by atoms with E-state index in [0.29, 0.717) is 11.0 Å². The van der Waals surface area contributed by atoms with Crippen molar-refractivity contribution in [3.05, 3.63) is 47.2 Å². The minimum absolute atomic E-state index is 0.521. The number of hydrogen-bond acceptors (Lipinski definition) is 7. The second kappa shape index (κ2) is 8.93. The Labute approximate surface area is 161 Å². The first-order chi connectivity index (χ1) is 12.7. The van der Waals surface area contributed by atoms with Gasteiger partial charge in [0.2, 0.25) is 5.95 Å². The second-order valence-corrected chi connectivity index (χ2v) is 7.04. The summed E-state index contributed by atoms with van der Waals surface area (Å²) in [7, 11) is 1.70. The Balaban J connectivity index is 1.74. The Morgan fingerprint density at radius 2 is 2.12 bits per heavy atom. The average molecular weight is 390 g/mol. The van der Waals surface area contributed by atoms with E-state index in [1.807, 2.05) is 37.3 Å². The van der Waals surface area contributed by atoms with Crippen LogP contribution in [0.3, 0.4) is 0 Å². The van der Waals surface area contributed by atoms with E-state index in [1.165, 1.54) is 0 Å². The molecule has 2 N–H and O–H groups in total. The number of nitrogens with one attached hydrogen (secondary N) is 2. The van der Waals surface area contributed by atoms with Crippen LogP contribution in [0.5, 0.6) is 0 Å². The highest BCUT2D eigenvalue weighted by molar-refractivity contribution is 7.19. The van der Waals surface area contributed by atoms with E-state index in [4.69, 9.17) is 16.3 Å². The molecular weight excluding hydrogens is 370 g/mol. The van der Waals surface area contributed by atoms with Crippen molar-refractivity contribution in [1.82, 2.24) is 15.0 Å². The number of aryl methyl sites for hydroxylation is 1. The molecule has 3 aromatic rings. The molecule has 2 heterocycles. The standard InChI is InChI=1S/C18H20ClN5OS/c1-12-16(26-18(22-12)21-8-4-10-25-2)15-7-9-20-17(24-15)23-14-6-3-5-13(19)11-14/h3,5-7,9,11H,4,8,10H2,1-2H3,(H,21,22)(H,20,23,24). The quantitative estimate of drug-likeness (QED) is 0.541. The first-order valence-corrected chi connectivity index (χ1v) is 9.41. The molecule has 0 aliphatic rings. The highest BCUT2D eigenvalue weighted by Gasteiger charge is 2.12. The number of nitrogens with zero attached hydrogens (tertiary/aromatic N) is 3. The van der Waals surface area contributed by atoms with Gasteiger partial charge < -0.3 is 15.4 Å². The summed E-state index contributed by atoms with van der Waals surface area (Å²) < 4.78 is 5.06. The van der Waals surface area contributed by atoms with Crippen molar-refractivity contribution in [1.29, 1.82) is 0 Å². The van der Waals surface area contributed by atoms with Gasteiger partial charge in [0.1, 0.15) is 0 Å². The highest BCUT2D eigenvalue weighted by atomic mass is 35.5. The molecule has 0 atom stereocenters. The molecule has 0 unspecified atom stereocenters. The van der Waals surface area contributed by atoms with E-state index in [0.717, 1.165) is 46.7 Å². The number of methoxy groups -OCH3 is 1. The monoisotopic (exact) mass is 389 g/mol. The SMILES string of the molecule is COCCCNc1nc(C)c(-c2ccnc(Nc3cccc(Cl)c3)n2)s1. The Morgan fingerprint density at radius 3 is 2.92 bits per heavy atom. The Bertz CT molecular complexity index is 870. The lowest BCUT2D eigenvalue weighted by molar-refractivity contribution is 0.198. The molecule has 0 fully saturated rings. The summed E-state index contributed by atoms with van der Waals surface area (Å²) in [4.78, 5) is 14.5. The minimum Gasteiger partial charge on any atom is -0.385 e. The molecule has 2 aromatic heterocycles. The summed E-state index contributed by atoms with van der Waals surface area (Å²) in [5.41, 5.74) is 2.62. The van der Waals surface area contributed by atoms with Gasteiger partial charge in [-0.1, -0.05) is 29.0 Å².